The first-order valence-corrected chi connectivity index (χ1v) is 8.91. The number of amides is 1. The molecule has 0 aromatic heterocycles. The molecule has 0 aliphatic carbocycles. The van der Waals surface area contributed by atoms with E-state index in [0.29, 0.717) is 10.7 Å². The molecule has 0 atom stereocenters. The molecule has 7 heteroatoms. The number of carbonyl (C=O) groups excluding carboxylic acids is 1. The van der Waals surface area contributed by atoms with Crippen LogP contribution in [0, 0.1) is 6.92 Å². The molecular weight excluding hydrogens is 345 g/mol. The van der Waals surface area contributed by atoms with Crippen LogP contribution in [0.3, 0.4) is 0 Å². The van der Waals surface area contributed by atoms with Gasteiger partial charge >= 0.3 is 0 Å². The molecule has 0 heterocycles. The molecule has 0 radical (unpaired) electrons. The summed E-state index contributed by atoms with van der Waals surface area (Å²) in [6.45, 7) is 1.78. The molecule has 4 nitrogen and oxygen atoms in total. The molecule has 0 saturated carbocycles. The van der Waals surface area contributed by atoms with Crippen LogP contribution in [-0.4, -0.2) is 20.6 Å². The summed E-state index contributed by atoms with van der Waals surface area (Å²) in [5, 5.41) is 3.32. The van der Waals surface area contributed by atoms with Gasteiger partial charge in [0.2, 0.25) is 0 Å². The molecule has 0 bridgehead atoms. The predicted octanol–water partition coefficient (Wildman–Crippen LogP) is 3.96. The smallest absolute Gasteiger partial charge is 0.255 e. The Kier molecular flexibility index (Phi) is 4.80. The van der Waals surface area contributed by atoms with Crippen LogP contribution in [-0.2, 0) is 9.84 Å². The molecule has 116 valence electrons. The highest BCUT2D eigenvalue weighted by molar-refractivity contribution is 7.90. The Balaban J connectivity index is 2.37. The van der Waals surface area contributed by atoms with Crippen molar-refractivity contribution in [1.82, 2.24) is 0 Å². The van der Waals surface area contributed by atoms with Crippen molar-refractivity contribution in [3.8, 4) is 0 Å². The topological polar surface area (TPSA) is 63.2 Å². The number of sulfone groups is 1. The maximum atomic E-state index is 12.3. The van der Waals surface area contributed by atoms with Gasteiger partial charge in [0.1, 0.15) is 0 Å². The summed E-state index contributed by atoms with van der Waals surface area (Å²) in [5.74, 6) is -0.438. The first-order chi connectivity index (χ1) is 10.2. The molecule has 0 fully saturated rings. The molecular formula is C15H13Cl2NO3S. The number of hydrogen-bond donors (Lipinski definition) is 1. The average Bonchev–Trinajstić information content (AvgIpc) is 2.43. The van der Waals surface area contributed by atoms with E-state index in [1.807, 2.05) is 0 Å². The molecule has 0 saturated heterocycles. The summed E-state index contributed by atoms with van der Waals surface area (Å²) in [5.41, 5.74) is 1.49. The van der Waals surface area contributed by atoms with Gasteiger partial charge in [-0.05, 0) is 42.8 Å². The Bertz CT molecular complexity index is 848. The third-order valence-electron chi connectivity index (χ3n) is 3.11. The van der Waals surface area contributed by atoms with E-state index >= 15 is 0 Å². The van der Waals surface area contributed by atoms with Crippen molar-refractivity contribution >= 4 is 44.6 Å². The summed E-state index contributed by atoms with van der Waals surface area (Å²) in [6.07, 6.45) is 1.04. The van der Waals surface area contributed by atoms with Gasteiger partial charge in [-0.25, -0.2) is 8.42 Å². The third-order valence-corrected chi connectivity index (χ3v) is 5.10. The van der Waals surface area contributed by atoms with Crippen molar-refractivity contribution < 1.29 is 13.2 Å². The Morgan fingerprint density at radius 2 is 1.77 bits per heavy atom. The van der Waals surface area contributed by atoms with Gasteiger partial charge in [0.25, 0.3) is 5.91 Å². The second-order valence-electron chi connectivity index (χ2n) is 4.78. The van der Waals surface area contributed by atoms with E-state index in [2.05, 4.69) is 5.32 Å². The zero-order chi connectivity index (χ0) is 16.5. The predicted molar refractivity (Wildman–Crippen MR) is 88.7 cm³/mol. The molecule has 1 amide bonds. The second-order valence-corrected chi connectivity index (χ2v) is 7.58. The fourth-order valence-corrected chi connectivity index (χ4v) is 3.34. The first kappa shape index (κ1) is 16.8. The van der Waals surface area contributed by atoms with Crippen molar-refractivity contribution in [3.63, 3.8) is 0 Å². The van der Waals surface area contributed by atoms with Gasteiger partial charge in [0.15, 0.2) is 9.84 Å². The second kappa shape index (κ2) is 6.28. The van der Waals surface area contributed by atoms with Gasteiger partial charge in [-0.2, -0.15) is 0 Å². The maximum absolute atomic E-state index is 12.3. The van der Waals surface area contributed by atoms with Crippen LogP contribution >= 0.6 is 23.2 Å². The number of hydrogen-bond acceptors (Lipinski definition) is 3. The lowest BCUT2D eigenvalue weighted by Crippen LogP contribution is -2.13. The molecule has 0 unspecified atom stereocenters. The molecule has 1 N–H and O–H groups in total. The first-order valence-electron chi connectivity index (χ1n) is 6.26. The minimum atomic E-state index is -3.51. The summed E-state index contributed by atoms with van der Waals surface area (Å²) in [6, 6.07) is 9.26. The van der Waals surface area contributed by atoms with Crippen LogP contribution in [0.25, 0.3) is 0 Å². The number of anilines is 1. The van der Waals surface area contributed by atoms with E-state index in [1.165, 1.54) is 18.2 Å². The van der Waals surface area contributed by atoms with Gasteiger partial charge in [0.05, 0.1) is 9.92 Å². The highest BCUT2D eigenvalue weighted by atomic mass is 35.5. The highest BCUT2D eigenvalue weighted by Crippen LogP contribution is 2.25. The van der Waals surface area contributed by atoms with Crippen molar-refractivity contribution in [3.05, 3.63) is 57.6 Å². The van der Waals surface area contributed by atoms with Crippen LogP contribution in [0.1, 0.15) is 15.9 Å². The number of nitrogens with one attached hydrogen (secondary N) is 1. The molecule has 2 rings (SSSR count). The molecule has 2 aromatic carbocycles. The average molecular weight is 358 g/mol. The lowest BCUT2D eigenvalue weighted by molar-refractivity contribution is 0.102. The van der Waals surface area contributed by atoms with Gasteiger partial charge in [-0.1, -0.05) is 29.3 Å². The zero-order valence-corrected chi connectivity index (χ0v) is 14.2. The Morgan fingerprint density at radius 3 is 2.41 bits per heavy atom. The number of benzene rings is 2. The molecule has 0 aliphatic heterocycles. The number of rotatable bonds is 3. The van der Waals surface area contributed by atoms with E-state index in [1.54, 1.807) is 25.1 Å². The van der Waals surface area contributed by atoms with Crippen LogP contribution in [0.15, 0.2) is 41.3 Å². The van der Waals surface area contributed by atoms with Gasteiger partial charge < -0.3 is 5.32 Å². The van der Waals surface area contributed by atoms with Gasteiger partial charge in [0, 0.05) is 22.5 Å². The van der Waals surface area contributed by atoms with E-state index in [0.717, 1.165) is 11.8 Å². The monoisotopic (exact) mass is 357 g/mol. The van der Waals surface area contributed by atoms with E-state index in [-0.39, 0.29) is 15.5 Å². The summed E-state index contributed by atoms with van der Waals surface area (Å²) in [4.78, 5) is 12.2. The molecule has 0 aliphatic rings. The largest absolute Gasteiger partial charge is 0.322 e. The summed E-state index contributed by atoms with van der Waals surface area (Å²) in [7, 11) is -3.51. The maximum Gasteiger partial charge on any atom is 0.255 e. The minimum Gasteiger partial charge on any atom is -0.322 e. The summed E-state index contributed by atoms with van der Waals surface area (Å²) >= 11 is 11.9. The van der Waals surface area contributed by atoms with Crippen LogP contribution < -0.4 is 5.32 Å². The Morgan fingerprint density at radius 1 is 1.09 bits per heavy atom. The normalized spacial score (nSPS) is 11.3. The minimum absolute atomic E-state index is 0.0790. The van der Waals surface area contributed by atoms with Crippen LogP contribution in [0.2, 0.25) is 10.0 Å². The van der Waals surface area contributed by atoms with Crippen LogP contribution in [0.4, 0.5) is 5.69 Å². The SMILES string of the molecule is Cc1c(Cl)cccc1NC(=O)c1ccc(Cl)c(S(C)(=O)=O)c1. The Labute approximate surface area is 139 Å². The Hall–Kier alpha value is -1.56. The third kappa shape index (κ3) is 3.61. The van der Waals surface area contributed by atoms with E-state index in [9.17, 15) is 13.2 Å². The lowest BCUT2D eigenvalue weighted by Gasteiger charge is -2.10. The molecule has 0 spiro atoms. The molecule has 22 heavy (non-hydrogen) atoms. The standard InChI is InChI=1S/C15H13Cl2NO3S/c1-9-11(16)4-3-5-13(9)18-15(19)10-6-7-12(17)14(8-10)22(2,20)21/h3-8H,1-2H3,(H,18,19). The van der Waals surface area contributed by atoms with E-state index < -0.39 is 15.7 Å². The van der Waals surface area contributed by atoms with E-state index in [4.69, 9.17) is 23.2 Å². The van der Waals surface area contributed by atoms with Crippen molar-refractivity contribution in [2.45, 2.75) is 11.8 Å². The number of halogens is 2. The lowest BCUT2D eigenvalue weighted by atomic mass is 10.1. The summed E-state index contributed by atoms with van der Waals surface area (Å²) < 4.78 is 23.3. The number of carbonyl (C=O) groups is 1. The molecule has 2 aromatic rings. The van der Waals surface area contributed by atoms with Crippen molar-refractivity contribution in [1.29, 1.82) is 0 Å². The highest BCUT2D eigenvalue weighted by Gasteiger charge is 2.16. The van der Waals surface area contributed by atoms with Crippen LogP contribution in [0.5, 0.6) is 0 Å². The quantitative estimate of drug-likeness (QED) is 0.903. The van der Waals surface area contributed by atoms with Crippen molar-refractivity contribution in [2.75, 3.05) is 11.6 Å². The zero-order valence-electron chi connectivity index (χ0n) is 11.9. The fourth-order valence-electron chi connectivity index (χ4n) is 1.87. The van der Waals surface area contributed by atoms with Gasteiger partial charge in [-0.15, -0.1) is 0 Å². The fraction of sp³-hybridized carbons (Fsp3) is 0.133. The van der Waals surface area contributed by atoms with Gasteiger partial charge in [-0.3, -0.25) is 4.79 Å². The van der Waals surface area contributed by atoms with Crippen molar-refractivity contribution in [2.24, 2.45) is 0 Å².